The average molecular weight is 277 g/mol. The van der Waals surface area contributed by atoms with E-state index in [9.17, 15) is 14.7 Å². The number of carbonyl (C=O) groups excluding carboxylic acids is 1. The molecule has 0 spiro atoms. The molecular weight excluding hydrogens is 258 g/mol. The van der Waals surface area contributed by atoms with Gasteiger partial charge in [-0.05, 0) is 38.3 Å². The van der Waals surface area contributed by atoms with E-state index >= 15 is 0 Å². The summed E-state index contributed by atoms with van der Waals surface area (Å²) in [6, 6.07) is 1.74. The van der Waals surface area contributed by atoms with Gasteiger partial charge in [-0.15, -0.1) is 0 Å². The molecule has 1 amide bonds. The van der Waals surface area contributed by atoms with Gasteiger partial charge < -0.3 is 15.7 Å². The molecule has 1 saturated carbocycles. The Balaban J connectivity index is 1.94. The van der Waals surface area contributed by atoms with Gasteiger partial charge in [-0.3, -0.25) is 4.79 Å². The SMILES string of the molecule is Cc1cc(C)c(C(=O)O)c(NCCNC(=O)C2CC2)n1. The molecule has 2 rings (SSSR count). The third kappa shape index (κ3) is 3.46. The number of anilines is 1. The third-order valence-corrected chi connectivity index (χ3v) is 3.22. The van der Waals surface area contributed by atoms with Gasteiger partial charge in [-0.2, -0.15) is 0 Å². The monoisotopic (exact) mass is 277 g/mol. The second kappa shape index (κ2) is 5.90. The molecule has 20 heavy (non-hydrogen) atoms. The Labute approximate surface area is 117 Å². The van der Waals surface area contributed by atoms with Crippen molar-refractivity contribution >= 4 is 17.7 Å². The van der Waals surface area contributed by atoms with Crippen molar-refractivity contribution in [2.45, 2.75) is 26.7 Å². The number of aromatic nitrogens is 1. The number of carbonyl (C=O) groups is 2. The summed E-state index contributed by atoms with van der Waals surface area (Å²) in [5.41, 5.74) is 1.62. The second-order valence-corrected chi connectivity index (χ2v) is 5.10. The standard InChI is InChI=1S/C14H19N3O3/c1-8-7-9(2)17-12(11(8)14(19)20)15-5-6-16-13(18)10-3-4-10/h7,10H,3-6H2,1-2H3,(H,15,17)(H,16,18)(H,19,20). The normalized spacial score (nSPS) is 13.9. The van der Waals surface area contributed by atoms with E-state index in [0.717, 1.165) is 18.5 Å². The highest BCUT2D eigenvalue weighted by Crippen LogP contribution is 2.28. The van der Waals surface area contributed by atoms with Crippen LogP contribution < -0.4 is 10.6 Å². The molecule has 3 N–H and O–H groups in total. The summed E-state index contributed by atoms with van der Waals surface area (Å²) < 4.78 is 0. The summed E-state index contributed by atoms with van der Waals surface area (Å²) in [7, 11) is 0. The van der Waals surface area contributed by atoms with E-state index in [4.69, 9.17) is 0 Å². The molecule has 0 bridgehead atoms. The first-order valence-corrected chi connectivity index (χ1v) is 6.72. The van der Waals surface area contributed by atoms with Gasteiger partial charge in [0.2, 0.25) is 5.91 Å². The topological polar surface area (TPSA) is 91.3 Å². The van der Waals surface area contributed by atoms with E-state index in [2.05, 4.69) is 15.6 Å². The molecule has 0 saturated heterocycles. The number of nitrogens with one attached hydrogen (secondary N) is 2. The van der Waals surface area contributed by atoms with Crippen LogP contribution in [-0.4, -0.2) is 35.1 Å². The molecule has 6 nitrogen and oxygen atoms in total. The predicted molar refractivity (Wildman–Crippen MR) is 74.9 cm³/mol. The predicted octanol–water partition coefficient (Wildman–Crippen LogP) is 1.33. The Morgan fingerprint density at radius 2 is 2.05 bits per heavy atom. The lowest BCUT2D eigenvalue weighted by atomic mass is 10.1. The Bertz CT molecular complexity index is 539. The number of hydrogen-bond donors (Lipinski definition) is 3. The number of hydrogen-bond acceptors (Lipinski definition) is 4. The largest absolute Gasteiger partial charge is 0.478 e. The third-order valence-electron chi connectivity index (χ3n) is 3.22. The molecule has 0 aliphatic heterocycles. The number of carboxylic acid groups (broad SMARTS) is 1. The molecule has 0 radical (unpaired) electrons. The molecule has 1 aliphatic carbocycles. The Kier molecular flexibility index (Phi) is 4.22. The zero-order chi connectivity index (χ0) is 14.7. The van der Waals surface area contributed by atoms with E-state index in [1.807, 2.05) is 6.92 Å². The Morgan fingerprint density at radius 1 is 1.35 bits per heavy atom. The Hall–Kier alpha value is -2.11. The molecule has 1 heterocycles. The van der Waals surface area contributed by atoms with Gasteiger partial charge in [0.15, 0.2) is 0 Å². The molecule has 0 aromatic carbocycles. The van der Waals surface area contributed by atoms with Crippen LogP contribution in [0.3, 0.4) is 0 Å². The summed E-state index contributed by atoms with van der Waals surface area (Å²) in [4.78, 5) is 26.9. The summed E-state index contributed by atoms with van der Waals surface area (Å²) >= 11 is 0. The maximum absolute atomic E-state index is 11.5. The molecule has 1 aliphatic rings. The second-order valence-electron chi connectivity index (χ2n) is 5.10. The van der Waals surface area contributed by atoms with E-state index < -0.39 is 5.97 Å². The van der Waals surface area contributed by atoms with Crippen molar-refractivity contribution in [2.24, 2.45) is 5.92 Å². The van der Waals surface area contributed by atoms with Crippen LogP contribution in [0, 0.1) is 19.8 Å². The van der Waals surface area contributed by atoms with Gasteiger partial charge in [-0.1, -0.05) is 0 Å². The van der Waals surface area contributed by atoms with Crippen LogP contribution in [-0.2, 0) is 4.79 Å². The lowest BCUT2D eigenvalue weighted by molar-refractivity contribution is -0.122. The summed E-state index contributed by atoms with van der Waals surface area (Å²) in [6.07, 6.45) is 1.95. The quantitative estimate of drug-likeness (QED) is 0.682. The minimum absolute atomic E-state index is 0.0821. The van der Waals surface area contributed by atoms with Crippen molar-refractivity contribution < 1.29 is 14.7 Å². The first kappa shape index (κ1) is 14.3. The minimum atomic E-state index is -1.00. The maximum atomic E-state index is 11.5. The van der Waals surface area contributed by atoms with Crippen molar-refractivity contribution in [1.82, 2.24) is 10.3 Å². The zero-order valence-electron chi connectivity index (χ0n) is 11.7. The number of carboxylic acids is 1. The molecule has 1 fully saturated rings. The molecule has 0 unspecified atom stereocenters. The first-order valence-electron chi connectivity index (χ1n) is 6.72. The van der Waals surface area contributed by atoms with Crippen LogP contribution in [0.4, 0.5) is 5.82 Å². The van der Waals surface area contributed by atoms with Crippen molar-refractivity contribution in [3.8, 4) is 0 Å². The van der Waals surface area contributed by atoms with Crippen LogP contribution in [0.2, 0.25) is 0 Å². The lowest BCUT2D eigenvalue weighted by Gasteiger charge is -2.12. The summed E-state index contributed by atoms with van der Waals surface area (Å²) in [5.74, 6) is -0.377. The fourth-order valence-electron chi connectivity index (χ4n) is 2.09. The first-order chi connectivity index (χ1) is 9.49. The maximum Gasteiger partial charge on any atom is 0.339 e. The molecule has 108 valence electrons. The van der Waals surface area contributed by atoms with Crippen molar-refractivity contribution in [1.29, 1.82) is 0 Å². The molecule has 6 heteroatoms. The van der Waals surface area contributed by atoms with E-state index in [1.165, 1.54) is 0 Å². The van der Waals surface area contributed by atoms with E-state index in [0.29, 0.717) is 24.5 Å². The van der Waals surface area contributed by atoms with Gasteiger partial charge in [0, 0.05) is 24.7 Å². The van der Waals surface area contributed by atoms with Crippen LogP contribution in [0.5, 0.6) is 0 Å². The summed E-state index contributed by atoms with van der Waals surface area (Å²) in [5, 5.41) is 15.0. The average Bonchev–Trinajstić information content (AvgIpc) is 3.16. The fraction of sp³-hybridized carbons (Fsp3) is 0.500. The molecule has 1 aromatic heterocycles. The Morgan fingerprint density at radius 3 is 2.65 bits per heavy atom. The number of aryl methyl sites for hydroxylation is 2. The number of aromatic carboxylic acids is 1. The number of amides is 1. The van der Waals surface area contributed by atoms with Gasteiger partial charge in [-0.25, -0.2) is 9.78 Å². The number of rotatable bonds is 6. The highest BCUT2D eigenvalue weighted by Gasteiger charge is 2.29. The van der Waals surface area contributed by atoms with Crippen molar-refractivity contribution in [2.75, 3.05) is 18.4 Å². The van der Waals surface area contributed by atoms with E-state index in [1.54, 1.807) is 13.0 Å². The highest BCUT2D eigenvalue weighted by molar-refractivity contribution is 5.94. The number of pyridine rings is 1. The minimum Gasteiger partial charge on any atom is -0.478 e. The number of nitrogens with zero attached hydrogens (tertiary/aromatic N) is 1. The van der Waals surface area contributed by atoms with Crippen LogP contribution in [0.15, 0.2) is 6.07 Å². The van der Waals surface area contributed by atoms with Crippen LogP contribution >= 0.6 is 0 Å². The zero-order valence-corrected chi connectivity index (χ0v) is 11.7. The van der Waals surface area contributed by atoms with Gasteiger partial charge >= 0.3 is 5.97 Å². The van der Waals surface area contributed by atoms with Crippen molar-refractivity contribution in [3.05, 3.63) is 22.9 Å². The lowest BCUT2D eigenvalue weighted by Crippen LogP contribution is -2.30. The van der Waals surface area contributed by atoms with Crippen molar-refractivity contribution in [3.63, 3.8) is 0 Å². The fourth-order valence-corrected chi connectivity index (χ4v) is 2.09. The molecule has 1 aromatic rings. The molecule has 0 atom stereocenters. The highest BCUT2D eigenvalue weighted by atomic mass is 16.4. The van der Waals surface area contributed by atoms with E-state index in [-0.39, 0.29) is 17.4 Å². The summed E-state index contributed by atoms with van der Waals surface area (Å²) in [6.45, 7) is 4.48. The van der Waals surface area contributed by atoms with Crippen LogP contribution in [0.1, 0.15) is 34.5 Å². The van der Waals surface area contributed by atoms with Crippen LogP contribution in [0.25, 0.3) is 0 Å². The van der Waals surface area contributed by atoms with Gasteiger partial charge in [0.1, 0.15) is 11.4 Å². The van der Waals surface area contributed by atoms with Gasteiger partial charge in [0.25, 0.3) is 0 Å². The molecular formula is C14H19N3O3. The smallest absolute Gasteiger partial charge is 0.339 e. The van der Waals surface area contributed by atoms with Gasteiger partial charge in [0.05, 0.1) is 0 Å².